The number of ether oxygens (including phenoxy) is 1. The summed E-state index contributed by atoms with van der Waals surface area (Å²) in [5, 5.41) is 12.1. The number of hydrogen-bond acceptors (Lipinski definition) is 3. The highest BCUT2D eigenvalue weighted by molar-refractivity contribution is 5.82. The van der Waals surface area contributed by atoms with Crippen molar-refractivity contribution in [3.8, 4) is 0 Å². The molecule has 0 spiro atoms. The van der Waals surface area contributed by atoms with Gasteiger partial charge in [0.1, 0.15) is 6.10 Å². The SMILES string of the molecule is COC1(C(O)c2cccc3cccnc23)CCC(C)CC1. The standard InChI is InChI=1S/C18H23NO2/c1-13-8-10-18(21-2,11-9-13)17(20)15-7-3-5-14-6-4-12-19-16(14)15/h3-7,12-13,17,20H,8-11H2,1-2H3. The summed E-state index contributed by atoms with van der Waals surface area (Å²) in [7, 11) is 1.72. The van der Waals surface area contributed by atoms with E-state index in [9.17, 15) is 5.11 Å². The number of para-hydroxylation sites is 1. The van der Waals surface area contributed by atoms with E-state index in [0.29, 0.717) is 5.92 Å². The summed E-state index contributed by atoms with van der Waals surface area (Å²) in [5.41, 5.74) is 1.28. The first-order valence-electron chi connectivity index (χ1n) is 7.73. The van der Waals surface area contributed by atoms with E-state index >= 15 is 0 Å². The summed E-state index contributed by atoms with van der Waals surface area (Å²) in [6.45, 7) is 2.27. The molecule has 2 aromatic rings. The second-order valence-electron chi connectivity index (χ2n) is 6.28. The molecule has 1 heterocycles. The Bertz CT molecular complexity index is 612. The number of hydrogen-bond donors (Lipinski definition) is 1. The smallest absolute Gasteiger partial charge is 0.110 e. The number of benzene rings is 1. The highest BCUT2D eigenvalue weighted by Gasteiger charge is 2.42. The Hall–Kier alpha value is -1.45. The number of aliphatic hydroxyl groups excluding tert-OH is 1. The van der Waals surface area contributed by atoms with Gasteiger partial charge in [-0.25, -0.2) is 0 Å². The molecule has 3 nitrogen and oxygen atoms in total. The molecule has 1 fully saturated rings. The molecule has 1 aromatic heterocycles. The van der Waals surface area contributed by atoms with E-state index in [0.717, 1.165) is 42.1 Å². The maximum atomic E-state index is 11.0. The Labute approximate surface area is 126 Å². The summed E-state index contributed by atoms with van der Waals surface area (Å²) in [4.78, 5) is 4.46. The maximum Gasteiger partial charge on any atom is 0.110 e. The van der Waals surface area contributed by atoms with Crippen molar-refractivity contribution in [3.63, 3.8) is 0 Å². The van der Waals surface area contributed by atoms with Gasteiger partial charge in [0.2, 0.25) is 0 Å². The van der Waals surface area contributed by atoms with Crippen molar-refractivity contribution in [2.45, 2.75) is 44.3 Å². The van der Waals surface area contributed by atoms with Crippen molar-refractivity contribution in [1.82, 2.24) is 4.98 Å². The van der Waals surface area contributed by atoms with E-state index in [4.69, 9.17) is 4.74 Å². The van der Waals surface area contributed by atoms with Gasteiger partial charge < -0.3 is 9.84 Å². The third-order valence-corrected chi connectivity index (χ3v) is 4.98. The van der Waals surface area contributed by atoms with Crippen molar-refractivity contribution in [2.24, 2.45) is 5.92 Å². The second-order valence-corrected chi connectivity index (χ2v) is 6.28. The van der Waals surface area contributed by atoms with Gasteiger partial charge in [-0.1, -0.05) is 31.2 Å². The Kier molecular flexibility index (Phi) is 3.96. The van der Waals surface area contributed by atoms with Gasteiger partial charge in [-0.15, -0.1) is 0 Å². The van der Waals surface area contributed by atoms with Gasteiger partial charge in [-0.2, -0.15) is 0 Å². The third kappa shape index (κ3) is 2.56. The van der Waals surface area contributed by atoms with Gasteiger partial charge in [-0.05, 0) is 37.7 Å². The molecule has 21 heavy (non-hydrogen) atoms. The van der Waals surface area contributed by atoms with Crippen LogP contribution in [0.5, 0.6) is 0 Å². The van der Waals surface area contributed by atoms with E-state index < -0.39 is 11.7 Å². The highest BCUT2D eigenvalue weighted by Crippen LogP contribution is 2.43. The van der Waals surface area contributed by atoms with E-state index in [1.807, 2.05) is 30.3 Å². The zero-order valence-corrected chi connectivity index (χ0v) is 12.7. The van der Waals surface area contributed by atoms with Gasteiger partial charge >= 0.3 is 0 Å². The summed E-state index contributed by atoms with van der Waals surface area (Å²) >= 11 is 0. The van der Waals surface area contributed by atoms with E-state index in [2.05, 4.69) is 11.9 Å². The molecule has 0 aliphatic heterocycles. The van der Waals surface area contributed by atoms with E-state index in [1.165, 1.54) is 0 Å². The molecule has 0 radical (unpaired) electrons. The van der Waals surface area contributed by atoms with Crippen LogP contribution in [0.4, 0.5) is 0 Å². The number of pyridine rings is 1. The fourth-order valence-corrected chi connectivity index (χ4v) is 3.47. The zero-order valence-electron chi connectivity index (χ0n) is 12.7. The van der Waals surface area contributed by atoms with Crippen LogP contribution in [0.3, 0.4) is 0 Å². The van der Waals surface area contributed by atoms with Crippen molar-refractivity contribution in [2.75, 3.05) is 7.11 Å². The number of nitrogens with zero attached hydrogens (tertiary/aromatic N) is 1. The van der Waals surface area contributed by atoms with Gasteiger partial charge in [0, 0.05) is 24.3 Å². The normalized spacial score (nSPS) is 27.7. The van der Waals surface area contributed by atoms with Crippen LogP contribution in [-0.4, -0.2) is 22.8 Å². The first-order valence-corrected chi connectivity index (χ1v) is 7.73. The maximum absolute atomic E-state index is 11.0. The first-order chi connectivity index (χ1) is 10.2. The molecule has 1 aliphatic carbocycles. The van der Waals surface area contributed by atoms with Crippen LogP contribution in [0.2, 0.25) is 0 Å². The number of methoxy groups -OCH3 is 1. The summed E-state index contributed by atoms with van der Waals surface area (Å²) in [6, 6.07) is 9.94. The third-order valence-electron chi connectivity index (χ3n) is 4.98. The minimum atomic E-state index is -0.631. The lowest BCUT2D eigenvalue weighted by Crippen LogP contribution is -2.42. The molecule has 1 unspecified atom stereocenters. The van der Waals surface area contributed by atoms with Crippen LogP contribution in [0.25, 0.3) is 10.9 Å². The molecule has 3 heteroatoms. The van der Waals surface area contributed by atoms with Gasteiger partial charge in [0.15, 0.2) is 0 Å². The molecular weight excluding hydrogens is 262 g/mol. The number of rotatable bonds is 3. The lowest BCUT2D eigenvalue weighted by molar-refractivity contribution is -0.130. The summed E-state index contributed by atoms with van der Waals surface area (Å²) in [5.74, 6) is 0.714. The predicted octanol–water partition coefficient (Wildman–Crippen LogP) is 3.86. The van der Waals surface area contributed by atoms with Crippen LogP contribution < -0.4 is 0 Å². The van der Waals surface area contributed by atoms with Gasteiger partial charge in [0.25, 0.3) is 0 Å². The molecule has 1 N–H and O–H groups in total. The van der Waals surface area contributed by atoms with Crippen molar-refractivity contribution < 1.29 is 9.84 Å². The lowest BCUT2D eigenvalue weighted by Gasteiger charge is -2.42. The number of fused-ring (bicyclic) bond motifs is 1. The average molecular weight is 285 g/mol. The Morgan fingerprint density at radius 1 is 1.24 bits per heavy atom. The molecule has 112 valence electrons. The molecule has 1 aliphatic rings. The molecule has 3 rings (SSSR count). The first kappa shape index (κ1) is 14.5. The van der Waals surface area contributed by atoms with Crippen LogP contribution in [0, 0.1) is 5.92 Å². The van der Waals surface area contributed by atoms with Crippen LogP contribution in [0.1, 0.15) is 44.3 Å². The Balaban J connectivity index is 2.01. The van der Waals surface area contributed by atoms with Gasteiger partial charge in [0.05, 0.1) is 11.1 Å². The van der Waals surface area contributed by atoms with E-state index in [1.54, 1.807) is 13.3 Å². The molecule has 0 saturated heterocycles. The second kappa shape index (κ2) is 5.74. The lowest BCUT2D eigenvalue weighted by atomic mass is 9.74. The molecular formula is C18H23NO2. The molecule has 1 aromatic carbocycles. The van der Waals surface area contributed by atoms with Crippen molar-refractivity contribution in [3.05, 3.63) is 42.1 Å². The topological polar surface area (TPSA) is 42.4 Å². The minimum Gasteiger partial charge on any atom is -0.385 e. The number of aromatic nitrogens is 1. The monoisotopic (exact) mass is 285 g/mol. The molecule has 1 saturated carbocycles. The fraction of sp³-hybridized carbons (Fsp3) is 0.500. The summed E-state index contributed by atoms with van der Waals surface area (Å²) in [6.07, 6.45) is 5.14. The molecule has 1 atom stereocenters. The van der Waals surface area contributed by atoms with Gasteiger partial charge in [-0.3, -0.25) is 4.98 Å². The van der Waals surface area contributed by atoms with Crippen LogP contribution in [-0.2, 0) is 4.74 Å². The Morgan fingerprint density at radius 3 is 2.67 bits per heavy atom. The molecule has 0 bridgehead atoms. The predicted molar refractivity (Wildman–Crippen MR) is 84.1 cm³/mol. The van der Waals surface area contributed by atoms with Crippen molar-refractivity contribution in [1.29, 1.82) is 0 Å². The van der Waals surface area contributed by atoms with Crippen LogP contribution >= 0.6 is 0 Å². The highest BCUT2D eigenvalue weighted by atomic mass is 16.5. The minimum absolute atomic E-state index is 0.474. The fourth-order valence-electron chi connectivity index (χ4n) is 3.47. The zero-order chi connectivity index (χ0) is 14.9. The largest absolute Gasteiger partial charge is 0.385 e. The van der Waals surface area contributed by atoms with Crippen LogP contribution in [0.15, 0.2) is 36.5 Å². The quantitative estimate of drug-likeness (QED) is 0.931. The number of aliphatic hydroxyl groups is 1. The van der Waals surface area contributed by atoms with E-state index in [-0.39, 0.29) is 0 Å². The Morgan fingerprint density at radius 2 is 1.95 bits per heavy atom. The average Bonchev–Trinajstić information content (AvgIpc) is 2.55. The molecule has 0 amide bonds. The summed E-state index contributed by atoms with van der Waals surface area (Å²) < 4.78 is 5.81. The van der Waals surface area contributed by atoms with Crippen molar-refractivity contribution >= 4 is 10.9 Å².